The van der Waals surface area contributed by atoms with Gasteiger partial charge in [0.1, 0.15) is 0 Å². The molecule has 0 bridgehead atoms. The van der Waals surface area contributed by atoms with E-state index in [0.29, 0.717) is 11.4 Å². The molecule has 1 aromatic heterocycles. The summed E-state index contributed by atoms with van der Waals surface area (Å²) in [6, 6.07) is 6.31. The number of halogens is 1. The van der Waals surface area contributed by atoms with Crippen LogP contribution in [-0.4, -0.2) is 22.1 Å². The van der Waals surface area contributed by atoms with Crippen LogP contribution in [-0.2, 0) is 7.05 Å². The second kappa shape index (κ2) is 4.32. The molecule has 4 nitrogen and oxygen atoms in total. The van der Waals surface area contributed by atoms with Crippen molar-refractivity contribution in [1.29, 1.82) is 0 Å². The summed E-state index contributed by atoms with van der Waals surface area (Å²) in [5.74, 6) is 1.65. The summed E-state index contributed by atoms with van der Waals surface area (Å²) >= 11 is 3.42. The molecule has 1 aliphatic heterocycles. The molecular weight excluding hydrogens is 318 g/mol. The van der Waals surface area contributed by atoms with E-state index in [2.05, 4.69) is 20.8 Å². The van der Waals surface area contributed by atoms with Gasteiger partial charge >= 0.3 is 0 Å². The highest BCUT2D eigenvalue weighted by molar-refractivity contribution is 9.10. The van der Waals surface area contributed by atoms with E-state index in [1.807, 2.05) is 25.2 Å². The molecule has 1 saturated carbocycles. The third-order valence-electron chi connectivity index (χ3n) is 4.53. The number of nitrogens with zero attached hydrogens (tertiary/aromatic N) is 3. The quantitative estimate of drug-likeness (QED) is 0.805. The smallest absolute Gasteiger partial charge is 0.262 e. The van der Waals surface area contributed by atoms with Crippen LogP contribution >= 0.6 is 15.9 Å². The third-order valence-corrected chi connectivity index (χ3v) is 5.02. The fraction of sp³-hybridized carbons (Fsp3) is 0.467. The van der Waals surface area contributed by atoms with Crippen LogP contribution < -0.4 is 10.5 Å². The number of rotatable bonds is 1. The highest BCUT2D eigenvalue weighted by Crippen LogP contribution is 2.44. The minimum atomic E-state index is 0.0362. The molecule has 0 radical (unpaired) electrons. The molecule has 2 aromatic rings. The van der Waals surface area contributed by atoms with E-state index in [-0.39, 0.29) is 5.56 Å². The summed E-state index contributed by atoms with van der Waals surface area (Å²) in [7, 11) is 1.83. The van der Waals surface area contributed by atoms with Gasteiger partial charge in [-0.1, -0.05) is 15.9 Å². The minimum absolute atomic E-state index is 0.0362. The summed E-state index contributed by atoms with van der Waals surface area (Å²) in [6.45, 7) is 1.02. The van der Waals surface area contributed by atoms with Gasteiger partial charge in [-0.25, -0.2) is 4.98 Å². The van der Waals surface area contributed by atoms with Gasteiger partial charge < -0.3 is 4.90 Å². The van der Waals surface area contributed by atoms with E-state index in [4.69, 9.17) is 4.98 Å². The van der Waals surface area contributed by atoms with Crippen LogP contribution in [0.25, 0.3) is 10.9 Å². The first kappa shape index (κ1) is 12.4. The predicted octanol–water partition coefficient (Wildman–Crippen LogP) is 2.68. The lowest BCUT2D eigenvalue weighted by atomic mass is 10.1. The monoisotopic (exact) mass is 333 g/mol. The molecule has 104 valence electrons. The molecular formula is C15H16BrN3O. The van der Waals surface area contributed by atoms with Crippen LogP contribution in [0.1, 0.15) is 19.3 Å². The van der Waals surface area contributed by atoms with Crippen molar-refractivity contribution in [2.24, 2.45) is 13.0 Å². The van der Waals surface area contributed by atoms with Gasteiger partial charge in [0.2, 0.25) is 5.95 Å². The molecule has 0 spiro atoms. The van der Waals surface area contributed by atoms with Crippen molar-refractivity contribution < 1.29 is 0 Å². The fourth-order valence-electron chi connectivity index (χ4n) is 3.35. The van der Waals surface area contributed by atoms with E-state index in [9.17, 15) is 4.79 Å². The van der Waals surface area contributed by atoms with Crippen LogP contribution in [0.5, 0.6) is 0 Å². The molecule has 1 aromatic carbocycles. The lowest BCUT2D eigenvalue weighted by molar-refractivity contribution is 0.542. The van der Waals surface area contributed by atoms with Crippen LogP contribution in [0, 0.1) is 5.92 Å². The van der Waals surface area contributed by atoms with Gasteiger partial charge in [-0.05, 0) is 43.4 Å². The Labute approximate surface area is 125 Å². The average molecular weight is 334 g/mol. The summed E-state index contributed by atoms with van der Waals surface area (Å²) in [5, 5.41) is 0.676. The van der Waals surface area contributed by atoms with Crippen molar-refractivity contribution in [2.45, 2.75) is 25.3 Å². The summed E-state index contributed by atoms with van der Waals surface area (Å²) in [6.07, 6.45) is 3.79. The molecule has 1 aliphatic carbocycles. The maximum absolute atomic E-state index is 12.5. The van der Waals surface area contributed by atoms with Gasteiger partial charge in [-0.3, -0.25) is 9.36 Å². The van der Waals surface area contributed by atoms with E-state index in [1.54, 1.807) is 4.57 Å². The normalized spacial score (nSPS) is 24.8. The topological polar surface area (TPSA) is 38.1 Å². The van der Waals surface area contributed by atoms with Crippen LogP contribution in [0.4, 0.5) is 5.95 Å². The van der Waals surface area contributed by atoms with E-state index >= 15 is 0 Å². The number of aromatic nitrogens is 2. The zero-order valence-corrected chi connectivity index (χ0v) is 12.9. The third kappa shape index (κ3) is 1.79. The Bertz CT molecular complexity index is 755. The number of benzene rings is 1. The average Bonchev–Trinajstić information content (AvgIpc) is 3.23. The lowest BCUT2D eigenvalue weighted by Gasteiger charge is -2.29. The largest absolute Gasteiger partial charge is 0.339 e. The second-order valence-electron chi connectivity index (χ2n) is 5.84. The molecule has 0 amide bonds. The number of anilines is 1. The molecule has 2 atom stereocenters. The highest BCUT2D eigenvalue weighted by atomic mass is 79.9. The predicted molar refractivity (Wildman–Crippen MR) is 83.2 cm³/mol. The van der Waals surface area contributed by atoms with Gasteiger partial charge in [0, 0.05) is 24.1 Å². The van der Waals surface area contributed by atoms with Crippen molar-refractivity contribution in [2.75, 3.05) is 11.4 Å². The molecule has 1 saturated heterocycles. The molecule has 2 unspecified atom stereocenters. The molecule has 20 heavy (non-hydrogen) atoms. The second-order valence-corrected chi connectivity index (χ2v) is 6.75. The summed E-state index contributed by atoms with van der Waals surface area (Å²) < 4.78 is 2.62. The van der Waals surface area contributed by atoms with Crippen molar-refractivity contribution in [3.05, 3.63) is 33.0 Å². The molecule has 2 heterocycles. The first-order valence-corrected chi connectivity index (χ1v) is 7.87. The summed E-state index contributed by atoms with van der Waals surface area (Å²) in [5.41, 5.74) is 0.822. The van der Waals surface area contributed by atoms with Crippen molar-refractivity contribution in [3.63, 3.8) is 0 Å². The molecule has 0 N–H and O–H groups in total. The Balaban J connectivity index is 1.90. The number of piperidine rings is 1. The maximum atomic E-state index is 12.5. The Morgan fingerprint density at radius 3 is 3.10 bits per heavy atom. The molecule has 4 rings (SSSR count). The first-order chi connectivity index (χ1) is 9.65. The minimum Gasteiger partial charge on any atom is -0.339 e. The number of hydrogen-bond donors (Lipinski definition) is 0. The SMILES string of the molecule is Cn1c(N2CCCC3CC32)nc2ccc(Br)cc2c1=O. The molecule has 2 fully saturated rings. The zero-order valence-electron chi connectivity index (χ0n) is 11.3. The van der Waals surface area contributed by atoms with Crippen molar-refractivity contribution in [3.8, 4) is 0 Å². The van der Waals surface area contributed by atoms with Gasteiger partial charge in [0.15, 0.2) is 0 Å². The standard InChI is InChI=1S/C15H16BrN3O/c1-18-14(20)11-8-10(16)4-5-12(11)17-15(18)19-6-2-3-9-7-13(9)19/h4-5,8-9,13H,2-3,6-7H2,1H3. The van der Waals surface area contributed by atoms with Gasteiger partial charge in [0.05, 0.1) is 10.9 Å². The number of hydrogen-bond acceptors (Lipinski definition) is 3. The van der Waals surface area contributed by atoms with Crippen molar-refractivity contribution >= 4 is 32.8 Å². The van der Waals surface area contributed by atoms with Crippen LogP contribution in [0.3, 0.4) is 0 Å². The Morgan fingerprint density at radius 1 is 1.40 bits per heavy atom. The molecule has 2 aliphatic rings. The van der Waals surface area contributed by atoms with Crippen molar-refractivity contribution in [1.82, 2.24) is 9.55 Å². The van der Waals surface area contributed by atoms with E-state index in [1.165, 1.54) is 19.3 Å². The Kier molecular flexibility index (Phi) is 2.67. The lowest BCUT2D eigenvalue weighted by Crippen LogP contribution is -2.37. The number of fused-ring (bicyclic) bond motifs is 2. The van der Waals surface area contributed by atoms with E-state index < -0.39 is 0 Å². The van der Waals surface area contributed by atoms with Gasteiger partial charge in [-0.15, -0.1) is 0 Å². The van der Waals surface area contributed by atoms with Gasteiger partial charge in [-0.2, -0.15) is 0 Å². The summed E-state index contributed by atoms with van der Waals surface area (Å²) in [4.78, 5) is 19.6. The van der Waals surface area contributed by atoms with Crippen LogP contribution in [0.15, 0.2) is 27.5 Å². The Morgan fingerprint density at radius 2 is 2.25 bits per heavy atom. The highest BCUT2D eigenvalue weighted by Gasteiger charge is 2.45. The van der Waals surface area contributed by atoms with E-state index in [0.717, 1.165) is 28.4 Å². The van der Waals surface area contributed by atoms with Gasteiger partial charge in [0.25, 0.3) is 5.56 Å². The zero-order chi connectivity index (χ0) is 13.9. The first-order valence-electron chi connectivity index (χ1n) is 7.08. The molecule has 5 heteroatoms. The maximum Gasteiger partial charge on any atom is 0.262 e. The fourth-order valence-corrected chi connectivity index (χ4v) is 3.71. The van der Waals surface area contributed by atoms with Crippen LogP contribution in [0.2, 0.25) is 0 Å². The Hall–Kier alpha value is -1.36.